The molecule has 0 fully saturated rings. The van der Waals surface area contributed by atoms with Crippen molar-refractivity contribution in [3.63, 3.8) is 0 Å². The molecule has 0 unspecified atom stereocenters. The normalized spacial score (nSPS) is 13.4. The first-order valence-electron chi connectivity index (χ1n) is 11.9. The second-order valence-corrected chi connectivity index (χ2v) is 10.1. The summed E-state index contributed by atoms with van der Waals surface area (Å²) in [6.07, 6.45) is 1.89. The van der Waals surface area contributed by atoms with E-state index in [-0.39, 0.29) is 12.3 Å². The summed E-state index contributed by atoms with van der Waals surface area (Å²) in [5.41, 5.74) is 4.03. The second kappa shape index (κ2) is 11.8. The summed E-state index contributed by atoms with van der Waals surface area (Å²) in [6.45, 7) is 1.28. The van der Waals surface area contributed by atoms with Crippen LogP contribution >= 0.6 is 11.8 Å². The van der Waals surface area contributed by atoms with E-state index < -0.39 is 11.0 Å². The minimum absolute atomic E-state index is 0.0585. The molecule has 4 rings (SSSR count). The van der Waals surface area contributed by atoms with Crippen LogP contribution in [-0.4, -0.2) is 45.7 Å². The van der Waals surface area contributed by atoms with Gasteiger partial charge in [-0.05, 0) is 41.9 Å². The third-order valence-electron chi connectivity index (χ3n) is 5.99. The van der Waals surface area contributed by atoms with Crippen LogP contribution in [0.4, 0.5) is 11.4 Å². The Hall–Kier alpha value is -3.45. The lowest BCUT2D eigenvalue weighted by Crippen LogP contribution is -2.41. The fraction of sp³-hybridized carbons (Fsp3) is 0.286. The van der Waals surface area contributed by atoms with Crippen molar-refractivity contribution in [2.75, 3.05) is 29.5 Å². The quantitative estimate of drug-likeness (QED) is 0.308. The van der Waals surface area contributed by atoms with Gasteiger partial charge in [0.1, 0.15) is 0 Å². The van der Waals surface area contributed by atoms with Crippen LogP contribution in [0.25, 0.3) is 0 Å². The van der Waals surface area contributed by atoms with Crippen molar-refractivity contribution in [1.82, 2.24) is 4.90 Å². The van der Waals surface area contributed by atoms with Crippen LogP contribution in [0.15, 0.2) is 84.9 Å². The van der Waals surface area contributed by atoms with Crippen molar-refractivity contribution in [1.29, 1.82) is 0 Å². The van der Waals surface area contributed by atoms with Gasteiger partial charge in [-0.25, -0.2) is 0 Å². The molecule has 1 aliphatic heterocycles. The molecule has 0 saturated heterocycles. The van der Waals surface area contributed by atoms with Gasteiger partial charge in [-0.2, -0.15) is 0 Å². The zero-order chi connectivity index (χ0) is 24.5. The Morgan fingerprint density at radius 2 is 1.37 bits per heavy atom. The van der Waals surface area contributed by atoms with Gasteiger partial charge in [-0.1, -0.05) is 72.8 Å². The third kappa shape index (κ3) is 7.02. The second-order valence-electron chi connectivity index (χ2n) is 8.67. The van der Waals surface area contributed by atoms with Crippen molar-refractivity contribution in [3.05, 3.63) is 96.1 Å². The molecule has 0 radical (unpaired) electrons. The number of fused-ring (bicyclic) bond motifs is 1. The van der Waals surface area contributed by atoms with Crippen LogP contribution in [-0.2, 0) is 22.4 Å². The summed E-state index contributed by atoms with van der Waals surface area (Å²) in [5, 5.41) is 16.2. The Morgan fingerprint density at radius 3 is 1.97 bits per heavy atom. The average molecular weight is 490 g/mol. The molecule has 3 N–H and O–H groups in total. The smallest absolute Gasteiger partial charge is 0.308 e. The number of carbonyl (C=O) groups excluding carboxylic acids is 1. The maximum Gasteiger partial charge on any atom is 0.308 e. The number of aliphatic carboxylic acids is 1. The first-order valence-corrected chi connectivity index (χ1v) is 12.9. The molecule has 1 heterocycles. The molecule has 35 heavy (non-hydrogen) atoms. The highest BCUT2D eigenvalue weighted by Gasteiger charge is 2.38. The SMILES string of the molecule is O=C(O)CC1(SCCCN(CCc2ccccc2)C(=O)Cc2ccccc2)Nc2ccccc2N1. The summed E-state index contributed by atoms with van der Waals surface area (Å²) in [5.74, 6) is -0.0448. The van der Waals surface area contributed by atoms with Crippen LogP contribution in [0.3, 0.4) is 0 Å². The largest absolute Gasteiger partial charge is 0.481 e. The van der Waals surface area contributed by atoms with Gasteiger partial charge in [0.15, 0.2) is 4.99 Å². The van der Waals surface area contributed by atoms with E-state index >= 15 is 0 Å². The topological polar surface area (TPSA) is 81.7 Å². The molecule has 182 valence electrons. The molecule has 0 saturated carbocycles. The number of amides is 1. The van der Waals surface area contributed by atoms with E-state index in [4.69, 9.17) is 0 Å². The molecule has 1 amide bonds. The Balaban J connectivity index is 1.36. The first kappa shape index (κ1) is 24.7. The van der Waals surface area contributed by atoms with Gasteiger partial charge in [0, 0.05) is 13.1 Å². The number of para-hydroxylation sites is 2. The number of benzene rings is 3. The molecule has 3 aromatic rings. The van der Waals surface area contributed by atoms with Crippen LogP contribution < -0.4 is 10.6 Å². The lowest BCUT2D eigenvalue weighted by molar-refractivity contribution is -0.137. The average Bonchev–Trinajstić information content (AvgIpc) is 3.22. The van der Waals surface area contributed by atoms with E-state index in [0.29, 0.717) is 25.3 Å². The molecule has 6 nitrogen and oxygen atoms in total. The summed E-state index contributed by atoms with van der Waals surface area (Å²) in [4.78, 5) is 25.9. The summed E-state index contributed by atoms with van der Waals surface area (Å²) >= 11 is 1.55. The molecular weight excluding hydrogens is 458 g/mol. The Kier molecular flexibility index (Phi) is 8.32. The molecule has 0 spiro atoms. The Morgan fingerprint density at radius 1 is 0.800 bits per heavy atom. The number of anilines is 2. The van der Waals surface area contributed by atoms with E-state index in [0.717, 1.165) is 29.8 Å². The summed E-state index contributed by atoms with van der Waals surface area (Å²) < 4.78 is 0. The molecule has 0 bridgehead atoms. The molecule has 0 aromatic heterocycles. The minimum Gasteiger partial charge on any atom is -0.481 e. The Bertz CT molecular complexity index is 1100. The van der Waals surface area contributed by atoms with E-state index in [9.17, 15) is 14.7 Å². The number of hydrogen-bond acceptors (Lipinski definition) is 5. The molecule has 3 aromatic carbocycles. The van der Waals surface area contributed by atoms with Crippen LogP contribution in [0, 0.1) is 0 Å². The van der Waals surface area contributed by atoms with E-state index in [2.05, 4.69) is 22.8 Å². The predicted octanol–water partition coefficient (Wildman–Crippen LogP) is 5.09. The molecule has 1 aliphatic rings. The standard InChI is InChI=1S/C28H31N3O3S/c32-26(20-23-12-5-2-6-13-23)31(18-16-22-10-3-1-4-11-22)17-9-19-35-28(21-27(33)34)29-24-14-7-8-15-25(24)30-28/h1-8,10-15,29-30H,9,16-21H2,(H,33,34). The van der Waals surface area contributed by atoms with Crippen LogP contribution in [0.1, 0.15) is 24.0 Å². The predicted molar refractivity (Wildman–Crippen MR) is 143 cm³/mol. The van der Waals surface area contributed by atoms with Gasteiger partial charge in [0.25, 0.3) is 0 Å². The number of hydrogen-bond donors (Lipinski definition) is 3. The van der Waals surface area contributed by atoms with Gasteiger partial charge in [0.2, 0.25) is 5.91 Å². The molecule has 7 heteroatoms. The number of nitrogens with zero attached hydrogens (tertiary/aromatic N) is 1. The Labute approximate surface area is 210 Å². The highest BCUT2D eigenvalue weighted by atomic mass is 32.2. The zero-order valence-corrected chi connectivity index (χ0v) is 20.5. The van der Waals surface area contributed by atoms with Crippen molar-refractivity contribution in [2.45, 2.75) is 30.7 Å². The van der Waals surface area contributed by atoms with Crippen molar-refractivity contribution < 1.29 is 14.7 Å². The van der Waals surface area contributed by atoms with Gasteiger partial charge < -0.3 is 20.6 Å². The molecular formula is C28H31N3O3S. The zero-order valence-electron chi connectivity index (χ0n) is 19.7. The van der Waals surface area contributed by atoms with Crippen molar-refractivity contribution >= 4 is 35.0 Å². The minimum atomic E-state index is -0.868. The fourth-order valence-electron chi connectivity index (χ4n) is 4.25. The highest BCUT2D eigenvalue weighted by Crippen LogP contribution is 2.41. The van der Waals surface area contributed by atoms with Gasteiger partial charge in [-0.3, -0.25) is 9.59 Å². The van der Waals surface area contributed by atoms with E-state index in [1.54, 1.807) is 11.8 Å². The monoisotopic (exact) mass is 489 g/mol. The maximum atomic E-state index is 13.2. The lowest BCUT2D eigenvalue weighted by Gasteiger charge is -2.29. The van der Waals surface area contributed by atoms with E-state index in [1.165, 1.54) is 5.56 Å². The fourth-order valence-corrected chi connectivity index (χ4v) is 5.46. The number of carboxylic acid groups (broad SMARTS) is 1. The highest BCUT2D eigenvalue weighted by molar-refractivity contribution is 8.00. The first-order chi connectivity index (χ1) is 17.0. The van der Waals surface area contributed by atoms with E-state index in [1.807, 2.05) is 77.7 Å². The van der Waals surface area contributed by atoms with Gasteiger partial charge >= 0.3 is 5.97 Å². The number of nitrogens with one attached hydrogen (secondary N) is 2. The number of carbonyl (C=O) groups is 2. The van der Waals surface area contributed by atoms with Crippen LogP contribution in [0.5, 0.6) is 0 Å². The molecule has 0 aliphatic carbocycles. The summed E-state index contributed by atoms with van der Waals surface area (Å²) in [7, 11) is 0. The number of rotatable bonds is 12. The number of thioether (sulfide) groups is 1. The van der Waals surface area contributed by atoms with Gasteiger partial charge in [-0.15, -0.1) is 11.8 Å². The maximum absolute atomic E-state index is 13.2. The molecule has 0 atom stereocenters. The van der Waals surface area contributed by atoms with Gasteiger partial charge in [0.05, 0.1) is 24.2 Å². The van der Waals surface area contributed by atoms with Crippen molar-refractivity contribution in [2.24, 2.45) is 0 Å². The third-order valence-corrected chi connectivity index (χ3v) is 7.32. The lowest BCUT2D eigenvalue weighted by atomic mass is 10.1. The summed E-state index contributed by atoms with van der Waals surface area (Å²) in [6, 6.07) is 27.8. The van der Waals surface area contributed by atoms with Crippen LogP contribution in [0.2, 0.25) is 0 Å². The van der Waals surface area contributed by atoms with Crippen molar-refractivity contribution in [3.8, 4) is 0 Å². The number of carboxylic acids is 1.